The summed E-state index contributed by atoms with van der Waals surface area (Å²) in [6.07, 6.45) is 5.02. The Morgan fingerprint density at radius 3 is 2.58 bits per heavy atom. The van der Waals surface area contributed by atoms with Gasteiger partial charge in [0.05, 0.1) is 17.7 Å². The SMILES string of the molecule is CC1=C(C(=O)NCCO)SC(c2ccc3ncc(C(=O)Nc4cc(-c5noc(C)n5)ccc4C)n3c2)=C(C)CC1. The van der Waals surface area contributed by atoms with Crippen LogP contribution in [-0.4, -0.2) is 49.6 Å². The second-order valence-electron chi connectivity index (χ2n) is 9.71. The minimum atomic E-state index is -0.312. The van der Waals surface area contributed by atoms with Gasteiger partial charge in [-0.1, -0.05) is 40.2 Å². The molecule has 5 rings (SSSR count). The highest BCUT2D eigenvalue weighted by Crippen LogP contribution is 2.42. The van der Waals surface area contributed by atoms with Gasteiger partial charge in [-0.05, 0) is 57.4 Å². The predicted molar refractivity (Wildman–Crippen MR) is 155 cm³/mol. The molecule has 0 saturated carbocycles. The van der Waals surface area contributed by atoms with Crippen LogP contribution in [0, 0.1) is 13.8 Å². The number of aromatic nitrogens is 4. The van der Waals surface area contributed by atoms with Crippen LogP contribution in [0.5, 0.6) is 0 Å². The summed E-state index contributed by atoms with van der Waals surface area (Å²) in [4.78, 5) is 36.6. The lowest BCUT2D eigenvalue weighted by Crippen LogP contribution is -2.27. The van der Waals surface area contributed by atoms with Crippen LogP contribution in [0.3, 0.4) is 0 Å². The molecular weight excluding hydrogens is 528 g/mol. The molecular formula is C29H30N6O4S. The number of rotatable bonds is 7. The van der Waals surface area contributed by atoms with Crippen molar-refractivity contribution in [3.05, 3.63) is 81.5 Å². The first-order valence-electron chi connectivity index (χ1n) is 12.9. The van der Waals surface area contributed by atoms with Crippen molar-refractivity contribution in [2.75, 3.05) is 18.5 Å². The number of aryl methyl sites for hydroxylation is 2. The first-order valence-corrected chi connectivity index (χ1v) is 13.7. The molecule has 1 aliphatic rings. The molecule has 3 aromatic heterocycles. The number of thioether (sulfide) groups is 1. The molecule has 2 amide bonds. The molecule has 11 heteroatoms. The number of hydrogen-bond donors (Lipinski definition) is 3. The number of allylic oxidation sites excluding steroid dienone is 2. The normalized spacial score (nSPS) is 14.0. The van der Waals surface area contributed by atoms with Crippen molar-refractivity contribution < 1.29 is 19.2 Å². The molecule has 3 N–H and O–H groups in total. The van der Waals surface area contributed by atoms with Gasteiger partial charge in [-0.25, -0.2) is 4.98 Å². The molecule has 10 nitrogen and oxygen atoms in total. The summed E-state index contributed by atoms with van der Waals surface area (Å²) in [5.74, 6) is 0.406. The van der Waals surface area contributed by atoms with Crippen LogP contribution in [0.15, 0.2) is 63.3 Å². The van der Waals surface area contributed by atoms with E-state index in [0.717, 1.165) is 45.6 Å². The molecule has 4 aromatic rings. The molecule has 0 aliphatic carbocycles. The van der Waals surface area contributed by atoms with Crippen LogP contribution in [0.25, 0.3) is 21.9 Å². The number of hydrogen-bond acceptors (Lipinski definition) is 8. The van der Waals surface area contributed by atoms with Crippen molar-refractivity contribution in [3.63, 3.8) is 0 Å². The van der Waals surface area contributed by atoms with E-state index in [0.29, 0.717) is 33.6 Å². The zero-order chi connectivity index (χ0) is 28.4. The van der Waals surface area contributed by atoms with Gasteiger partial charge >= 0.3 is 0 Å². The number of imidazole rings is 1. The number of benzene rings is 1. The van der Waals surface area contributed by atoms with Crippen LogP contribution in [-0.2, 0) is 4.79 Å². The minimum absolute atomic E-state index is 0.118. The molecule has 1 aromatic carbocycles. The standard InChI is InChI=1S/C29H30N6O4S/c1-16-7-8-20(27-32-19(4)39-34-27)13-22(16)33-28(37)23-14-31-24-10-9-21(15-35(23)24)25-17(2)5-6-18(3)26(40-25)29(38)30-11-12-36/h7-10,13-15,36H,5-6,11-12H2,1-4H3,(H,30,38)(H,33,37). The third-order valence-corrected chi connectivity index (χ3v) is 8.26. The molecule has 0 atom stereocenters. The van der Waals surface area contributed by atoms with E-state index in [1.165, 1.54) is 11.8 Å². The minimum Gasteiger partial charge on any atom is -0.395 e. The Labute approximate surface area is 235 Å². The Bertz CT molecular complexity index is 1680. The van der Waals surface area contributed by atoms with Crippen LogP contribution < -0.4 is 10.6 Å². The monoisotopic (exact) mass is 558 g/mol. The van der Waals surface area contributed by atoms with E-state index in [2.05, 4.69) is 32.7 Å². The van der Waals surface area contributed by atoms with Gasteiger partial charge in [-0.15, -0.1) is 0 Å². The zero-order valence-corrected chi connectivity index (χ0v) is 23.6. The summed E-state index contributed by atoms with van der Waals surface area (Å²) in [5, 5.41) is 18.9. The molecule has 0 fully saturated rings. The third kappa shape index (κ3) is 5.56. The molecule has 0 unspecified atom stereocenters. The first kappa shape index (κ1) is 27.4. The van der Waals surface area contributed by atoms with E-state index in [4.69, 9.17) is 9.63 Å². The summed E-state index contributed by atoms with van der Waals surface area (Å²) in [5.41, 5.74) is 6.30. The highest BCUT2D eigenvalue weighted by atomic mass is 32.2. The number of pyridine rings is 1. The van der Waals surface area contributed by atoms with E-state index in [1.807, 2.05) is 50.4 Å². The lowest BCUT2D eigenvalue weighted by atomic mass is 10.0. The van der Waals surface area contributed by atoms with Gasteiger partial charge in [0.25, 0.3) is 11.8 Å². The van der Waals surface area contributed by atoms with E-state index < -0.39 is 0 Å². The molecule has 206 valence electrons. The number of carbonyl (C=O) groups excluding carboxylic acids is 2. The first-order chi connectivity index (χ1) is 19.2. The summed E-state index contributed by atoms with van der Waals surface area (Å²) in [6, 6.07) is 9.42. The number of carbonyl (C=O) groups is 2. The van der Waals surface area contributed by atoms with Gasteiger partial charge < -0.3 is 20.3 Å². The summed E-state index contributed by atoms with van der Waals surface area (Å²) in [7, 11) is 0. The van der Waals surface area contributed by atoms with Crippen molar-refractivity contribution in [1.82, 2.24) is 24.8 Å². The number of aliphatic hydroxyl groups is 1. The Morgan fingerprint density at radius 1 is 1.05 bits per heavy atom. The lowest BCUT2D eigenvalue weighted by Gasteiger charge is -2.14. The number of fused-ring (bicyclic) bond motifs is 1. The van der Waals surface area contributed by atoms with Gasteiger partial charge in [-0.2, -0.15) is 4.98 Å². The third-order valence-electron chi connectivity index (χ3n) is 6.73. The second-order valence-corrected chi connectivity index (χ2v) is 10.7. The van der Waals surface area contributed by atoms with Crippen LogP contribution in [0.4, 0.5) is 5.69 Å². The van der Waals surface area contributed by atoms with Gasteiger partial charge in [0.2, 0.25) is 11.7 Å². The van der Waals surface area contributed by atoms with Crippen LogP contribution in [0.1, 0.15) is 54.2 Å². The molecule has 0 radical (unpaired) electrons. The number of nitrogens with zero attached hydrogens (tertiary/aromatic N) is 4. The van der Waals surface area contributed by atoms with Gasteiger partial charge in [0.1, 0.15) is 11.3 Å². The number of aliphatic hydroxyl groups excluding tert-OH is 1. The molecule has 0 saturated heterocycles. The van der Waals surface area contributed by atoms with Crippen molar-refractivity contribution in [1.29, 1.82) is 0 Å². The highest BCUT2D eigenvalue weighted by molar-refractivity contribution is 8.12. The Kier molecular flexibility index (Phi) is 7.85. The van der Waals surface area contributed by atoms with Crippen LogP contribution in [0.2, 0.25) is 0 Å². The van der Waals surface area contributed by atoms with Crippen molar-refractivity contribution >= 4 is 39.8 Å². The smallest absolute Gasteiger partial charge is 0.274 e. The average Bonchev–Trinajstić information content (AvgIpc) is 3.54. The van der Waals surface area contributed by atoms with Gasteiger partial charge in [-0.3, -0.25) is 14.0 Å². The molecule has 1 aliphatic heterocycles. The van der Waals surface area contributed by atoms with Crippen molar-refractivity contribution in [2.24, 2.45) is 0 Å². The highest BCUT2D eigenvalue weighted by Gasteiger charge is 2.23. The molecule has 0 bridgehead atoms. The Balaban J connectivity index is 1.45. The fraction of sp³-hybridized carbons (Fsp3) is 0.276. The van der Waals surface area contributed by atoms with Gasteiger partial charge in [0, 0.05) is 41.4 Å². The predicted octanol–water partition coefficient (Wildman–Crippen LogP) is 4.89. The lowest BCUT2D eigenvalue weighted by molar-refractivity contribution is -0.117. The largest absolute Gasteiger partial charge is 0.395 e. The molecule has 40 heavy (non-hydrogen) atoms. The zero-order valence-electron chi connectivity index (χ0n) is 22.7. The maximum atomic E-state index is 13.5. The number of anilines is 1. The second kappa shape index (κ2) is 11.5. The number of nitrogens with one attached hydrogen (secondary N) is 2. The number of amides is 2. The van der Waals surface area contributed by atoms with E-state index in [-0.39, 0.29) is 25.0 Å². The fourth-order valence-corrected chi connectivity index (χ4v) is 5.62. The Morgan fingerprint density at radius 2 is 1.82 bits per heavy atom. The van der Waals surface area contributed by atoms with E-state index in [1.54, 1.807) is 17.5 Å². The summed E-state index contributed by atoms with van der Waals surface area (Å²) < 4.78 is 6.86. The molecule has 0 spiro atoms. The van der Waals surface area contributed by atoms with E-state index in [9.17, 15) is 9.59 Å². The maximum Gasteiger partial charge on any atom is 0.274 e. The average molecular weight is 559 g/mol. The van der Waals surface area contributed by atoms with Crippen molar-refractivity contribution in [2.45, 2.75) is 40.5 Å². The molecule has 4 heterocycles. The van der Waals surface area contributed by atoms with Crippen LogP contribution >= 0.6 is 11.8 Å². The van der Waals surface area contributed by atoms with Crippen molar-refractivity contribution in [3.8, 4) is 11.4 Å². The van der Waals surface area contributed by atoms with E-state index >= 15 is 0 Å². The summed E-state index contributed by atoms with van der Waals surface area (Å²) in [6.45, 7) is 7.75. The topological polar surface area (TPSA) is 135 Å². The quantitative estimate of drug-likeness (QED) is 0.292. The maximum absolute atomic E-state index is 13.5. The Hall–Kier alpha value is -4.22. The van der Waals surface area contributed by atoms with Gasteiger partial charge in [0.15, 0.2) is 0 Å². The summed E-state index contributed by atoms with van der Waals surface area (Å²) >= 11 is 1.42. The fourth-order valence-electron chi connectivity index (χ4n) is 4.46.